The predicted octanol–water partition coefficient (Wildman–Crippen LogP) is -2.30. The van der Waals surface area contributed by atoms with Crippen molar-refractivity contribution in [2.45, 2.75) is 91.1 Å². The number of hydrogen-bond acceptors (Lipinski definition) is 11. The van der Waals surface area contributed by atoms with Gasteiger partial charge in [-0.25, -0.2) is 9.59 Å². The summed E-state index contributed by atoms with van der Waals surface area (Å²) in [5.41, 5.74) is 1.55. The molecule has 15 nitrogen and oxygen atoms in total. The summed E-state index contributed by atoms with van der Waals surface area (Å²) >= 11 is 0. The Kier molecular flexibility index (Phi) is 22.4. The van der Waals surface area contributed by atoms with Gasteiger partial charge in [-0.15, -0.1) is 0 Å². The number of ether oxygens (including phenoxy) is 3. The Hall–Kier alpha value is -2.82. The number of rotatable bonds is 17. The van der Waals surface area contributed by atoms with Gasteiger partial charge in [-0.05, 0) is 60.9 Å². The number of methoxy groups -OCH3 is 2. The largest absolute Gasteiger partial charge is 1.00 e. The fourth-order valence-electron chi connectivity index (χ4n) is 6.04. The number of nitrogens with one attached hydrogen (secondary N) is 4. The minimum absolute atomic E-state index is 0. The van der Waals surface area contributed by atoms with Gasteiger partial charge in [0.25, 0.3) is 0 Å². The number of carbonyl (C=O) groups excluding carboxylic acids is 4. The van der Waals surface area contributed by atoms with Crippen molar-refractivity contribution in [1.29, 1.82) is 0 Å². The van der Waals surface area contributed by atoms with Crippen molar-refractivity contribution in [3.05, 3.63) is 90.1 Å². The van der Waals surface area contributed by atoms with Crippen LogP contribution in [0.15, 0.2) is 79.0 Å². The monoisotopic (exact) mass is 841 g/mol. The Morgan fingerprint density at radius 3 is 1.66 bits per heavy atom. The molecule has 0 aliphatic rings. The summed E-state index contributed by atoms with van der Waals surface area (Å²) in [6, 6.07) is 18.1. The summed E-state index contributed by atoms with van der Waals surface area (Å²) in [4.78, 5) is 81.2. The number of amides is 4. The van der Waals surface area contributed by atoms with E-state index in [1.54, 1.807) is 59.9 Å². The fraction of sp³-hybridized carbons (Fsp3) is 0.475. The van der Waals surface area contributed by atoms with Crippen LogP contribution in [0.1, 0.15) is 59.1 Å². The molecule has 0 spiro atoms. The summed E-state index contributed by atoms with van der Waals surface area (Å²) in [6.45, 7) is 10.5. The number of nitrogens with zero attached hydrogens (tertiary/aromatic N) is 1. The van der Waals surface area contributed by atoms with Crippen LogP contribution in [0, 0.1) is 10.8 Å². The SMILES string of the molecule is COC(=O)NC(C(=O)N[C@@H](Cc1ccc(-c2ccccn2)cc1)C[C@H](OCP(=O)([O-])[O-])[C@H](Cc1ccccc1)NC(=O)[C@@H](NC(=O)OC)C(C)(C)C)C(C)(C)C.[Na+].[Na+]. The second-order valence-electron chi connectivity index (χ2n) is 15.7. The number of pyridine rings is 1. The summed E-state index contributed by atoms with van der Waals surface area (Å²) in [6.07, 6.45) is -2.15. The molecule has 3 rings (SSSR count). The maximum Gasteiger partial charge on any atom is 1.00 e. The van der Waals surface area contributed by atoms with E-state index in [1.807, 2.05) is 60.7 Å². The van der Waals surface area contributed by atoms with E-state index in [1.165, 1.54) is 14.2 Å². The molecule has 2 aromatic carbocycles. The van der Waals surface area contributed by atoms with Gasteiger partial charge in [-0.3, -0.25) is 14.6 Å². The van der Waals surface area contributed by atoms with E-state index in [2.05, 4.69) is 26.3 Å². The zero-order valence-corrected chi connectivity index (χ0v) is 40.1. The van der Waals surface area contributed by atoms with Crippen molar-refractivity contribution in [1.82, 2.24) is 26.3 Å². The molecule has 0 aliphatic carbocycles. The maximum absolute atomic E-state index is 14.1. The van der Waals surface area contributed by atoms with Crippen LogP contribution in [-0.4, -0.2) is 79.8 Å². The molecule has 4 amide bonds. The Bertz CT molecular complexity index is 1790. The Labute approximate surface area is 385 Å². The third-order valence-electron chi connectivity index (χ3n) is 8.93. The smallest absolute Gasteiger partial charge is 0.809 e. The van der Waals surface area contributed by atoms with Crippen molar-refractivity contribution in [3.8, 4) is 11.3 Å². The molecule has 306 valence electrons. The Balaban J connectivity index is 0.00000841. The van der Waals surface area contributed by atoms with Crippen LogP contribution in [-0.2, 0) is 41.2 Å². The minimum atomic E-state index is -5.24. The average Bonchev–Trinajstić information content (AvgIpc) is 3.13. The quantitative estimate of drug-likeness (QED) is 0.0837. The van der Waals surface area contributed by atoms with Crippen LogP contribution < -0.4 is 90.2 Å². The second-order valence-corrected chi connectivity index (χ2v) is 17.2. The maximum atomic E-state index is 14.1. The fourth-order valence-corrected chi connectivity index (χ4v) is 6.41. The number of benzene rings is 2. The Morgan fingerprint density at radius 2 is 1.19 bits per heavy atom. The van der Waals surface area contributed by atoms with Crippen molar-refractivity contribution >= 4 is 31.6 Å². The molecule has 0 fully saturated rings. The second kappa shape index (κ2) is 24.4. The van der Waals surface area contributed by atoms with E-state index in [-0.39, 0.29) is 78.4 Å². The van der Waals surface area contributed by atoms with Crippen molar-refractivity contribution in [3.63, 3.8) is 0 Å². The third kappa shape index (κ3) is 18.2. The number of hydrogen-bond donors (Lipinski definition) is 4. The molecule has 0 radical (unpaired) electrons. The zero-order chi connectivity index (χ0) is 41.7. The normalized spacial score (nSPS) is 14.1. The molecule has 18 heteroatoms. The molecule has 0 aliphatic heterocycles. The first-order valence-electron chi connectivity index (χ1n) is 18.2. The molecule has 0 bridgehead atoms. The van der Waals surface area contributed by atoms with E-state index in [0.29, 0.717) is 0 Å². The summed E-state index contributed by atoms with van der Waals surface area (Å²) < 4.78 is 27.5. The van der Waals surface area contributed by atoms with E-state index in [9.17, 15) is 33.5 Å². The molecular formula is C40H54N5Na2O10P. The van der Waals surface area contributed by atoms with E-state index in [0.717, 1.165) is 22.4 Å². The van der Waals surface area contributed by atoms with Gasteiger partial charge in [0.1, 0.15) is 12.1 Å². The molecule has 0 saturated heterocycles. The zero-order valence-electron chi connectivity index (χ0n) is 35.2. The van der Waals surface area contributed by atoms with Crippen molar-refractivity contribution in [2.24, 2.45) is 10.8 Å². The van der Waals surface area contributed by atoms with Crippen molar-refractivity contribution < 1.29 is 107 Å². The van der Waals surface area contributed by atoms with Gasteiger partial charge in [0.2, 0.25) is 11.8 Å². The van der Waals surface area contributed by atoms with Gasteiger partial charge in [-0.1, -0.05) is 102 Å². The first-order chi connectivity index (χ1) is 26.2. The molecule has 58 heavy (non-hydrogen) atoms. The van der Waals surface area contributed by atoms with Crippen LogP contribution in [0.3, 0.4) is 0 Å². The average molecular weight is 842 g/mol. The molecule has 1 unspecified atom stereocenters. The van der Waals surface area contributed by atoms with Gasteiger partial charge in [0, 0.05) is 17.8 Å². The van der Waals surface area contributed by atoms with Gasteiger partial charge in [-0.2, -0.15) is 0 Å². The van der Waals surface area contributed by atoms with Crippen LogP contribution in [0.5, 0.6) is 0 Å². The molecular weight excluding hydrogens is 787 g/mol. The minimum Gasteiger partial charge on any atom is -0.809 e. The summed E-state index contributed by atoms with van der Waals surface area (Å²) in [5, 5.41) is 11.1. The molecule has 0 saturated carbocycles. The van der Waals surface area contributed by atoms with Crippen LogP contribution in [0.25, 0.3) is 11.3 Å². The first-order valence-corrected chi connectivity index (χ1v) is 19.9. The van der Waals surface area contributed by atoms with Gasteiger partial charge in [0.05, 0.1) is 38.4 Å². The van der Waals surface area contributed by atoms with Crippen molar-refractivity contribution in [2.75, 3.05) is 20.6 Å². The topological polar surface area (TPSA) is 220 Å². The molecule has 1 aromatic heterocycles. The van der Waals surface area contributed by atoms with Crippen LogP contribution in [0.2, 0.25) is 0 Å². The van der Waals surface area contributed by atoms with E-state index >= 15 is 0 Å². The molecule has 5 atom stereocenters. The first kappa shape index (κ1) is 53.2. The molecule has 3 aromatic rings. The third-order valence-corrected chi connectivity index (χ3v) is 9.40. The number of carbonyl (C=O) groups is 4. The van der Waals surface area contributed by atoms with Crippen LogP contribution >= 0.6 is 7.60 Å². The molecule has 1 heterocycles. The standard InChI is InChI=1S/C40H56N5O10P.2Na/c1-39(2,3)33(44-37(48)53-7)35(46)42-29(22-27-17-19-28(20-18-27)30-16-12-13-21-41-30)24-32(55-25-56(50,51)52)31(23-26-14-10-9-11-15-26)43-36(47)34(40(4,5)6)45-38(49)54-8;;/h9-21,29,31-34H,22-25H2,1-8H3,(H,42,46)(H,43,47)(H,44,48)(H,45,49)(H2,50,51,52);;/q;2*+1/p-2/t29-,31-,32-,33?,34+;;/m0../s1. The molecule has 4 N–H and O–H groups in total. The number of alkyl carbamates (subject to hydrolysis) is 2. The predicted molar refractivity (Wildman–Crippen MR) is 207 cm³/mol. The van der Waals surface area contributed by atoms with Gasteiger partial charge >= 0.3 is 71.3 Å². The summed E-state index contributed by atoms with van der Waals surface area (Å²) in [5.74, 6) is -1.18. The number of aromatic nitrogens is 1. The van der Waals surface area contributed by atoms with Gasteiger partial charge < -0.3 is 49.8 Å². The summed E-state index contributed by atoms with van der Waals surface area (Å²) in [7, 11) is -2.88. The van der Waals surface area contributed by atoms with Gasteiger partial charge in [0.15, 0.2) is 0 Å². The van der Waals surface area contributed by atoms with E-state index < -0.39 is 79.0 Å². The van der Waals surface area contributed by atoms with E-state index in [4.69, 9.17) is 14.2 Å². The van der Waals surface area contributed by atoms with Crippen LogP contribution in [0.4, 0.5) is 9.59 Å². The Morgan fingerprint density at radius 1 is 0.690 bits per heavy atom.